The molecule has 0 bridgehead atoms. The van der Waals surface area contributed by atoms with Crippen molar-refractivity contribution >= 4 is 40.2 Å². The average molecular weight is 456 g/mol. The maximum Gasteiger partial charge on any atom is 3.00 e. The Hall–Kier alpha value is -0.600. The molecule has 1 aliphatic carbocycles. The summed E-state index contributed by atoms with van der Waals surface area (Å²) >= 11 is 0. The summed E-state index contributed by atoms with van der Waals surface area (Å²) in [5.41, 5.74) is 5.86. The van der Waals surface area contributed by atoms with E-state index in [-0.39, 0.29) is 65.9 Å². The van der Waals surface area contributed by atoms with Gasteiger partial charge in [-0.2, -0.15) is 18.3 Å². The molecule has 0 aliphatic heterocycles. The topological polar surface area (TPSA) is 15.8 Å². The van der Waals surface area contributed by atoms with Gasteiger partial charge in [0.05, 0.1) is 0 Å². The van der Waals surface area contributed by atoms with Crippen molar-refractivity contribution in [2.24, 2.45) is 0 Å². The summed E-state index contributed by atoms with van der Waals surface area (Å²) in [7, 11) is 1.99. The van der Waals surface area contributed by atoms with Crippen molar-refractivity contribution in [3.63, 3.8) is 0 Å². The van der Waals surface area contributed by atoms with Gasteiger partial charge in [-0.1, -0.05) is 47.7 Å². The Kier molecular flexibility index (Phi) is 16.1. The number of benzene rings is 2. The predicted octanol–water partition coefficient (Wildman–Crippen LogP) is 4.07. The number of aromatic amines is 1. The minimum absolute atomic E-state index is 0. The molecule has 0 spiro atoms. The average Bonchev–Trinajstić information content (AvgIpc) is 3.10. The Morgan fingerprint density at radius 2 is 1.54 bits per heavy atom. The smallest absolute Gasteiger partial charge is 0.484 e. The number of fused-ring (bicyclic) bond motifs is 3. The summed E-state index contributed by atoms with van der Waals surface area (Å²) in [6.45, 7) is 0. The fourth-order valence-electron chi connectivity index (χ4n) is 2.46. The van der Waals surface area contributed by atoms with Crippen LogP contribution in [0.25, 0.3) is 11.1 Å². The van der Waals surface area contributed by atoms with Gasteiger partial charge in [0.1, 0.15) is 0 Å². The zero-order valence-corrected chi connectivity index (χ0v) is 19.5. The van der Waals surface area contributed by atoms with E-state index in [9.17, 15) is 0 Å². The zero-order valence-electron chi connectivity index (χ0n) is 14.0. The minimum Gasteiger partial charge on any atom is -0.484 e. The molecule has 1 N–H and O–H groups in total. The number of nitrogens with one attached hydrogen (secondary N) is 1. The van der Waals surface area contributed by atoms with Gasteiger partial charge in [0.2, 0.25) is 0 Å². The van der Waals surface area contributed by atoms with Crippen molar-refractivity contribution in [1.82, 2.24) is 4.98 Å². The molecule has 0 saturated carbocycles. The molecule has 1 aliphatic rings. The normalized spacial score (nSPS) is 8.88. The third kappa shape index (κ3) is 6.37. The first kappa shape index (κ1) is 28.2. The number of aromatic nitrogens is 1. The van der Waals surface area contributed by atoms with E-state index in [1.807, 2.05) is 28.6 Å². The van der Waals surface area contributed by atoms with Crippen LogP contribution in [-0.4, -0.2) is 15.2 Å². The van der Waals surface area contributed by atoms with Crippen LogP contribution in [0.3, 0.4) is 0 Å². The van der Waals surface area contributed by atoms with Crippen molar-refractivity contribution in [2.45, 2.75) is 6.42 Å². The van der Waals surface area contributed by atoms with Crippen LogP contribution in [0.4, 0.5) is 0 Å². The maximum atomic E-state index is 2.74. The molecule has 4 rings (SSSR count). The van der Waals surface area contributed by atoms with Gasteiger partial charge >= 0.3 is 26.2 Å². The molecule has 0 unspecified atom stereocenters. The van der Waals surface area contributed by atoms with Crippen LogP contribution in [0.15, 0.2) is 60.8 Å². The number of rotatable bonds is 0. The van der Waals surface area contributed by atoms with Gasteiger partial charge in [-0.15, -0.1) is 31.0 Å². The van der Waals surface area contributed by atoms with E-state index in [2.05, 4.69) is 53.6 Å². The van der Waals surface area contributed by atoms with Gasteiger partial charge in [0, 0.05) is 10.2 Å². The second-order valence-electron chi connectivity index (χ2n) is 4.59. The van der Waals surface area contributed by atoms with E-state index in [0.717, 1.165) is 6.42 Å². The first-order valence-corrected chi connectivity index (χ1v) is 7.08. The number of hydrogen-bond acceptors (Lipinski definition) is 0. The second-order valence-corrected chi connectivity index (χ2v) is 5.35. The second kappa shape index (κ2) is 13.7. The van der Waals surface area contributed by atoms with Gasteiger partial charge in [0.25, 0.3) is 0 Å². The quantitative estimate of drug-likeness (QED) is 0.304. The Morgan fingerprint density at radius 3 is 2.12 bits per heavy atom. The molecule has 24 heavy (non-hydrogen) atoms. The predicted molar refractivity (Wildman–Crippen MR) is 110 cm³/mol. The van der Waals surface area contributed by atoms with Crippen molar-refractivity contribution in [2.75, 3.05) is 0 Å². The summed E-state index contributed by atoms with van der Waals surface area (Å²) < 4.78 is 0. The molecule has 1 nitrogen and oxygen atoms in total. The van der Waals surface area contributed by atoms with Crippen LogP contribution in [-0.2, 0) is 32.6 Å². The molecule has 126 valence electrons. The Balaban J connectivity index is -0.000000391. The standard InChI is InChI=1S/C13H11Si.C4H4N.2CH3.2ClH.Zr/c14-13-7-3-6-11-10-5-2-1-4-9(10)8-12(11)13;1-2-4-5-3-1;;;;;/h1-7H,8,14H2;1-3,5H;2*1H3;2*1H;/q;3*-1;;;+3. The van der Waals surface area contributed by atoms with E-state index in [0.29, 0.717) is 0 Å². The largest absolute Gasteiger partial charge is 3.00 e. The van der Waals surface area contributed by atoms with Gasteiger partial charge < -0.3 is 19.8 Å². The molecule has 0 atom stereocenters. The van der Waals surface area contributed by atoms with Crippen molar-refractivity contribution < 1.29 is 26.2 Å². The Bertz CT molecular complexity index is 670. The van der Waals surface area contributed by atoms with Gasteiger partial charge in [-0.3, -0.25) is 0 Å². The van der Waals surface area contributed by atoms with E-state index < -0.39 is 0 Å². The number of hydrogen-bond donors (Lipinski definition) is 1. The molecule has 3 aromatic rings. The van der Waals surface area contributed by atoms with Gasteiger partial charge in [0.15, 0.2) is 0 Å². The molecule has 0 saturated heterocycles. The van der Waals surface area contributed by atoms with Crippen molar-refractivity contribution in [3.8, 4) is 11.1 Å². The zero-order chi connectivity index (χ0) is 13.1. The molecule has 0 amide bonds. The van der Waals surface area contributed by atoms with E-state index in [4.69, 9.17) is 0 Å². The third-order valence-corrected chi connectivity index (χ3v) is 4.05. The van der Waals surface area contributed by atoms with Crippen molar-refractivity contribution in [3.05, 3.63) is 93.0 Å². The summed E-state index contributed by atoms with van der Waals surface area (Å²) in [6.07, 6.45) is 5.67. The van der Waals surface area contributed by atoms with Crippen LogP contribution in [0.2, 0.25) is 0 Å². The fraction of sp³-hybridized carbons (Fsp3) is 0.0526. The van der Waals surface area contributed by atoms with E-state index >= 15 is 0 Å². The minimum atomic E-state index is 0. The molecule has 1 heterocycles. The molecular weight excluding hydrogens is 432 g/mol. The molecular formula is C19H23Cl2NSiZr. The molecule has 0 fully saturated rings. The summed E-state index contributed by atoms with van der Waals surface area (Å²) in [6, 6.07) is 19.0. The number of halogens is 2. The summed E-state index contributed by atoms with van der Waals surface area (Å²) in [5.74, 6) is 0. The SMILES string of the molecule is Cl.Cl.[CH3-].[CH3-].[SiH2]c1cccc2c1Cc1ccccc1-2.[Zr+3].[c-]1ccc[nH]1. The summed E-state index contributed by atoms with van der Waals surface area (Å²) in [4.78, 5) is 2.74. The number of H-pyrrole nitrogens is 1. The monoisotopic (exact) mass is 453 g/mol. The summed E-state index contributed by atoms with van der Waals surface area (Å²) in [5, 5.41) is 1.44. The first-order valence-electron chi connectivity index (χ1n) is 6.38. The Labute approximate surface area is 181 Å². The van der Waals surface area contributed by atoms with Crippen molar-refractivity contribution in [1.29, 1.82) is 0 Å². The molecule has 5 heteroatoms. The fourth-order valence-corrected chi connectivity index (χ4v) is 2.92. The Morgan fingerprint density at radius 1 is 0.875 bits per heavy atom. The van der Waals surface area contributed by atoms with E-state index in [1.165, 1.54) is 27.4 Å². The van der Waals surface area contributed by atoms with Crippen LogP contribution >= 0.6 is 24.8 Å². The van der Waals surface area contributed by atoms with Crippen LogP contribution in [0.5, 0.6) is 0 Å². The van der Waals surface area contributed by atoms with Gasteiger partial charge in [-0.05, 0) is 28.7 Å². The van der Waals surface area contributed by atoms with Gasteiger partial charge in [-0.25, -0.2) is 0 Å². The van der Waals surface area contributed by atoms with E-state index in [1.54, 1.807) is 0 Å². The van der Waals surface area contributed by atoms with Crippen LogP contribution in [0.1, 0.15) is 11.1 Å². The first-order chi connectivity index (χ1) is 9.36. The van der Waals surface area contributed by atoms with Crippen LogP contribution < -0.4 is 5.19 Å². The van der Waals surface area contributed by atoms with Crippen LogP contribution in [0, 0.1) is 21.1 Å². The molecule has 2 aromatic carbocycles. The maximum absolute atomic E-state index is 2.74. The molecule has 1 aromatic heterocycles. The third-order valence-electron chi connectivity index (χ3n) is 3.39. The molecule has 2 radical (unpaired) electrons.